The van der Waals surface area contributed by atoms with Gasteiger partial charge in [0, 0.05) is 24.0 Å². The molecule has 0 aliphatic heterocycles. The number of sulfone groups is 1. The van der Waals surface area contributed by atoms with Gasteiger partial charge in [0.2, 0.25) is 0 Å². The number of nitrogens with zero attached hydrogens (tertiary/aromatic N) is 1. The number of nitrogens with two attached hydrogens (primary N) is 1. The van der Waals surface area contributed by atoms with E-state index in [9.17, 15) is 13.2 Å². The Morgan fingerprint density at radius 3 is 2.75 bits per heavy atom. The number of thiazole rings is 1. The topological polar surface area (TPSA) is 90.1 Å². The zero-order valence-electron chi connectivity index (χ0n) is 8.97. The van der Waals surface area contributed by atoms with E-state index in [1.807, 2.05) is 0 Å². The Morgan fingerprint density at radius 2 is 2.25 bits per heavy atom. The molecule has 0 radical (unpaired) electrons. The van der Waals surface area contributed by atoms with Crippen molar-refractivity contribution >= 4 is 32.1 Å². The monoisotopic (exact) mass is 262 g/mol. The molecule has 16 heavy (non-hydrogen) atoms. The van der Waals surface area contributed by atoms with Gasteiger partial charge in [0.1, 0.15) is 15.6 Å². The van der Waals surface area contributed by atoms with Crippen molar-refractivity contribution in [3.63, 3.8) is 0 Å². The van der Waals surface area contributed by atoms with Crippen LogP contribution in [0.4, 0.5) is 5.13 Å². The van der Waals surface area contributed by atoms with Crippen LogP contribution in [0, 0.1) is 0 Å². The average molecular weight is 262 g/mol. The molecule has 0 aliphatic carbocycles. The third-order valence-electron chi connectivity index (χ3n) is 2.08. The minimum absolute atomic E-state index is 0.0492. The summed E-state index contributed by atoms with van der Waals surface area (Å²) < 4.78 is 22.3. The molecule has 1 heterocycles. The van der Waals surface area contributed by atoms with E-state index in [0.717, 1.165) is 0 Å². The van der Waals surface area contributed by atoms with Gasteiger partial charge in [-0.1, -0.05) is 6.92 Å². The molecule has 0 fully saturated rings. The highest BCUT2D eigenvalue weighted by Crippen LogP contribution is 2.12. The maximum Gasteiger partial charge on any atom is 0.180 e. The minimum atomic E-state index is -3.06. The standard InChI is InChI=1S/C9H14N2O3S2/c1-2-16(13,14)4-3-8(12)5-7-6-15-9(10)11-7/h6H,2-5H2,1H3,(H2,10,11). The van der Waals surface area contributed by atoms with Crippen molar-refractivity contribution in [2.45, 2.75) is 19.8 Å². The molecule has 1 aromatic rings. The molecule has 0 saturated carbocycles. The average Bonchev–Trinajstić information content (AvgIpc) is 2.61. The van der Waals surface area contributed by atoms with Gasteiger partial charge in [-0.05, 0) is 0 Å². The van der Waals surface area contributed by atoms with Crippen LogP contribution in [0.25, 0.3) is 0 Å². The fraction of sp³-hybridized carbons (Fsp3) is 0.556. The van der Waals surface area contributed by atoms with E-state index in [4.69, 9.17) is 5.73 Å². The number of carbonyl (C=O) groups is 1. The molecular weight excluding hydrogens is 248 g/mol. The van der Waals surface area contributed by atoms with Crippen molar-refractivity contribution < 1.29 is 13.2 Å². The first-order chi connectivity index (χ1) is 7.43. The van der Waals surface area contributed by atoms with Crippen molar-refractivity contribution in [1.29, 1.82) is 0 Å². The second-order valence-electron chi connectivity index (χ2n) is 3.38. The number of ketones is 1. The lowest BCUT2D eigenvalue weighted by molar-refractivity contribution is -0.118. The van der Waals surface area contributed by atoms with Gasteiger partial charge in [-0.25, -0.2) is 13.4 Å². The maximum atomic E-state index is 11.4. The van der Waals surface area contributed by atoms with Crippen molar-refractivity contribution in [2.75, 3.05) is 17.2 Å². The number of nitrogen functional groups attached to an aromatic ring is 1. The van der Waals surface area contributed by atoms with E-state index in [0.29, 0.717) is 10.8 Å². The van der Waals surface area contributed by atoms with Gasteiger partial charge in [-0.15, -0.1) is 11.3 Å². The molecule has 7 heteroatoms. The molecule has 1 rings (SSSR count). The number of aromatic nitrogens is 1. The summed E-state index contributed by atoms with van der Waals surface area (Å²) >= 11 is 1.27. The summed E-state index contributed by atoms with van der Waals surface area (Å²) in [5.41, 5.74) is 6.03. The number of rotatable bonds is 6. The molecule has 0 unspecified atom stereocenters. The summed E-state index contributed by atoms with van der Waals surface area (Å²) in [6, 6.07) is 0. The molecule has 2 N–H and O–H groups in total. The van der Waals surface area contributed by atoms with Crippen LogP contribution in [0.2, 0.25) is 0 Å². The quantitative estimate of drug-likeness (QED) is 0.813. The van der Waals surface area contributed by atoms with Crippen molar-refractivity contribution in [3.05, 3.63) is 11.1 Å². The summed E-state index contributed by atoms with van der Waals surface area (Å²) in [7, 11) is -3.06. The Bertz CT molecular complexity index is 465. The Hall–Kier alpha value is -0.950. The SMILES string of the molecule is CCS(=O)(=O)CCC(=O)Cc1csc(N)n1. The third kappa shape index (κ3) is 4.28. The predicted molar refractivity (Wildman–Crippen MR) is 64.2 cm³/mol. The predicted octanol–water partition coefficient (Wildman–Crippen LogP) is 0.662. The summed E-state index contributed by atoms with van der Waals surface area (Å²) in [6.07, 6.45) is 0.209. The molecule has 90 valence electrons. The van der Waals surface area contributed by atoms with E-state index in [-0.39, 0.29) is 30.1 Å². The molecule has 0 amide bonds. The van der Waals surface area contributed by atoms with Crippen LogP contribution in [0.5, 0.6) is 0 Å². The first kappa shape index (κ1) is 13.1. The van der Waals surface area contributed by atoms with Crippen LogP contribution in [0.3, 0.4) is 0 Å². The minimum Gasteiger partial charge on any atom is -0.375 e. The lowest BCUT2D eigenvalue weighted by atomic mass is 10.2. The number of hydrogen-bond acceptors (Lipinski definition) is 6. The van der Waals surface area contributed by atoms with Gasteiger partial charge in [0.15, 0.2) is 5.13 Å². The molecule has 1 aromatic heterocycles. The van der Waals surface area contributed by atoms with Crippen LogP contribution in [0.1, 0.15) is 19.0 Å². The molecule has 0 aliphatic rings. The van der Waals surface area contributed by atoms with Gasteiger partial charge >= 0.3 is 0 Å². The normalized spacial score (nSPS) is 11.6. The fourth-order valence-corrected chi connectivity index (χ4v) is 2.50. The summed E-state index contributed by atoms with van der Waals surface area (Å²) in [5.74, 6) is -0.131. The zero-order chi connectivity index (χ0) is 12.2. The third-order valence-corrected chi connectivity index (χ3v) is 4.51. The van der Waals surface area contributed by atoms with Crippen molar-refractivity contribution in [2.24, 2.45) is 0 Å². The molecule has 0 bridgehead atoms. The highest BCUT2D eigenvalue weighted by molar-refractivity contribution is 7.91. The van der Waals surface area contributed by atoms with Gasteiger partial charge in [0.25, 0.3) is 0 Å². The van der Waals surface area contributed by atoms with Crippen molar-refractivity contribution in [3.8, 4) is 0 Å². The second kappa shape index (κ2) is 5.40. The molecular formula is C9H14N2O3S2. The first-order valence-corrected chi connectivity index (χ1v) is 7.55. The zero-order valence-corrected chi connectivity index (χ0v) is 10.6. The summed E-state index contributed by atoms with van der Waals surface area (Å²) in [5, 5.41) is 2.13. The number of anilines is 1. The molecule has 0 saturated heterocycles. The van der Waals surface area contributed by atoms with E-state index >= 15 is 0 Å². The molecule has 0 aromatic carbocycles. The maximum absolute atomic E-state index is 11.4. The van der Waals surface area contributed by atoms with E-state index in [1.165, 1.54) is 11.3 Å². The number of carbonyl (C=O) groups excluding carboxylic acids is 1. The highest BCUT2D eigenvalue weighted by Gasteiger charge is 2.12. The van der Waals surface area contributed by atoms with Crippen LogP contribution in [-0.2, 0) is 21.1 Å². The fourth-order valence-electron chi connectivity index (χ4n) is 1.11. The number of Topliss-reactive ketones (excluding diaryl/α,β-unsaturated/α-hetero) is 1. The summed E-state index contributed by atoms with van der Waals surface area (Å²) in [4.78, 5) is 15.4. The lowest BCUT2D eigenvalue weighted by Crippen LogP contribution is -2.14. The second-order valence-corrected chi connectivity index (χ2v) is 6.74. The van der Waals surface area contributed by atoms with Crippen LogP contribution in [-0.4, -0.2) is 30.7 Å². The molecule has 5 nitrogen and oxygen atoms in total. The summed E-state index contributed by atoms with van der Waals surface area (Å²) in [6.45, 7) is 1.57. The van der Waals surface area contributed by atoms with E-state index in [1.54, 1.807) is 12.3 Å². The Kier molecular flexibility index (Phi) is 4.43. The Balaban J connectivity index is 2.43. The van der Waals surface area contributed by atoms with Crippen LogP contribution in [0.15, 0.2) is 5.38 Å². The molecule has 0 spiro atoms. The van der Waals surface area contributed by atoms with Crippen LogP contribution < -0.4 is 5.73 Å². The first-order valence-electron chi connectivity index (χ1n) is 4.85. The Labute approximate surface area is 98.6 Å². The van der Waals surface area contributed by atoms with Gasteiger partial charge in [0.05, 0.1) is 11.4 Å². The van der Waals surface area contributed by atoms with Crippen molar-refractivity contribution in [1.82, 2.24) is 4.98 Å². The van der Waals surface area contributed by atoms with Gasteiger partial charge in [-0.3, -0.25) is 4.79 Å². The van der Waals surface area contributed by atoms with E-state index in [2.05, 4.69) is 4.98 Å². The number of hydrogen-bond donors (Lipinski definition) is 1. The smallest absolute Gasteiger partial charge is 0.180 e. The van der Waals surface area contributed by atoms with Gasteiger partial charge < -0.3 is 5.73 Å². The van der Waals surface area contributed by atoms with E-state index < -0.39 is 9.84 Å². The highest BCUT2D eigenvalue weighted by atomic mass is 32.2. The van der Waals surface area contributed by atoms with Crippen LogP contribution >= 0.6 is 11.3 Å². The Morgan fingerprint density at radius 1 is 1.56 bits per heavy atom. The lowest BCUT2D eigenvalue weighted by Gasteiger charge is -1.99. The largest absolute Gasteiger partial charge is 0.375 e. The molecule has 0 atom stereocenters. The van der Waals surface area contributed by atoms with Gasteiger partial charge in [-0.2, -0.15) is 0 Å².